The van der Waals surface area contributed by atoms with Crippen LogP contribution in [0.5, 0.6) is 17.2 Å². The van der Waals surface area contributed by atoms with E-state index < -0.39 is 0 Å². The lowest BCUT2D eigenvalue weighted by molar-refractivity contribution is 0.302. The summed E-state index contributed by atoms with van der Waals surface area (Å²) in [7, 11) is 3.26. The summed E-state index contributed by atoms with van der Waals surface area (Å²) < 4.78 is 17.2. The molecule has 0 radical (unpaired) electrons. The van der Waals surface area contributed by atoms with Crippen LogP contribution in [0.15, 0.2) is 46.9 Å². The highest BCUT2D eigenvalue weighted by molar-refractivity contribution is 9.10. The minimum absolute atomic E-state index is 0. The molecule has 0 spiro atoms. The highest BCUT2D eigenvalue weighted by Gasteiger charge is 2.04. The minimum Gasteiger partial charge on any atom is -0.497 e. The lowest BCUT2D eigenvalue weighted by atomic mass is 10.2. The van der Waals surface area contributed by atoms with Gasteiger partial charge >= 0.3 is 0 Å². The van der Waals surface area contributed by atoms with Crippen LogP contribution in [0.2, 0.25) is 0 Å². The zero-order chi connectivity index (χ0) is 13.7. The zero-order valence-corrected chi connectivity index (χ0v) is 12.4. The predicted molar refractivity (Wildman–Crippen MR) is 84.8 cm³/mol. The van der Waals surface area contributed by atoms with Crippen molar-refractivity contribution in [1.29, 1.82) is 0 Å². The molecule has 0 amide bonds. The van der Waals surface area contributed by atoms with Gasteiger partial charge in [-0.2, -0.15) is 0 Å². The van der Waals surface area contributed by atoms with Crippen LogP contribution in [0.1, 0.15) is 13.0 Å². The van der Waals surface area contributed by atoms with Crippen molar-refractivity contribution in [2.45, 2.75) is 14.0 Å². The Morgan fingerprint density at radius 3 is 2.10 bits per heavy atom. The van der Waals surface area contributed by atoms with E-state index in [2.05, 4.69) is 15.9 Å². The fourth-order valence-corrected chi connectivity index (χ4v) is 2.07. The summed E-state index contributed by atoms with van der Waals surface area (Å²) in [5, 5.41) is 0. The third kappa shape index (κ3) is 4.17. The van der Waals surface area contributed by atoms with E-state index in [1.807, 2.05) is 42.5 Å². The lowest BCUT2D eigenvalue weighted by Crippen LogP contribution is -1.98. The molecule has 2 aromatic rings. The quantitative estimate of drug-likeness (QED) is 0.792. The first-order valence-corrected chi connectivity index (χ1v) is 6.61. The molecule has 0 aliphatic heterocycles. The van der Waals surface area contributed by atoms with Gasteiger partial charge in [-0.3, -0.25) is 0 Å². The molecule has 0 saturated heterocycles. The normalized spacial score (nSPS) is 9.55. The third-order valence-corrected chi connectivity index (χ3v) is 3.30. The van der Waals surface area contributed by atoms with Crippen molar-refractivity contribution in [2.75, 3.05) is 14.2 Å². The molecule has 0 fully saturated rings. The van der Waals surface area contributed by atoms with E-state index >= 15 is 0 Å². The fraction of sp³-hybridized carbons (Fsp3) is 0.250. The molecular weight excluding hydrogens is 320 g/mol. The minimum atomic E-state index is 0. The molecule has 0 atom stereocenters. The van der Waals surface area contributed by atoms with Gasteiger partial charge in [-0.05, 0) is 45.8 Å². The number of halogens is 1. The Labute approximate surface area is 128 Å². The van der Waals surface area contributed by atoms with Crippen LogP contribution in [0.3, 0.4) is 0 Å². The van der Waals surface area contributed by atoms with Crippen molar-refractivity contribution in [3.05, 3.63) is 52.5 Å². The standard InChI is InChI=1S/C15H15BrO3.CH4/c1-17-12-7-11(8-13(9-12)18-2)10-19-15-6-4-3-5-14(15)16;/h3-9H,10H2,1-2H3;1H4. The largest absolute Gasteiger partial charge is 0.497 e. The number of para-hydroxylation sites is 1. The molecule has 0 aliphatic rings. The van der Waals surface area contributed by atoms with Crippen LogP contribution < -0.4 is 14.2 Å². The number of methoxy groups -OCH3 is 2. The smallest absolute Gasteiger partial charge is 0.133 e. The monoisotopic (exact) mass is 338 g/mol. The highest BCUT2D eigenvalue weighted by atomic mass is 79.9. The number of benzene rings is 2. The summed E-state index contributed by atoms with van der Waals surface area (Å²) in [5.41, 5.74) is 0.993. The van der Waals surface area contributed by atoms with Gasteiger partial charge in [0, 0.05) is 6.07 Å². The fourth-order valence-electron chi connectivity index (χ4n) is 1.67. The zero-order valence-electron chi connectivity index (χ0n) is 10.9. The van der Waals surface area contributed by atoms with Crippen molar-refractivity contribution in [3.63, 3.8) is 0 Å². The SMILES string of the molecule is C.COc1cc(COc2ccccc2Br)cc(OC)c1. The molecule has 2 aromatic carbocycles. The summed E-state index contributed by atoms with van der Waals surface area (Å²) in [6.07, 6.45) is 0. The van der Waals surface area contributed by atoms with Crippen molar-refractivity contribution in [2.24, 2.45) is 0 Å². The molecule has 20 heavy (non-hydrogen) atoms. The molecule has 4 heteroatoms. The molecule has 0 bridgehead atoms. The second kappa shape index (κ2) is 7.80. The first-order chi connectivity index (χ1) is 9.22. The second-order valence-electron chi connectivity index (χ2n) is 3.94. The van der Waals surface area contributed by atoms with Gasteiger partial charge in [-0.15, -0.1) is 0 Å². The Morgan fingerprint density at radius 2 is 1.55 bits per heavy atom. The van der Waals surface area contributed by atoms with Crippen molar-refractivity contribution >= 4 is 15.9 Å². The molecule has 2 rings (SSSR count). The van der Waals surface area contributed by atoms with Gasteiger partial charge in [0.05, 0.1) is 18.7 Å². The van der Waals surface area contributed by atoms with Crippen LogP contribution in [0.25, 0.3) is 0 Å². The van der Waals surface area contributed by atoms with Crippen LogP contribution >= 0.6 is 15.9 Å². The van der Waals surface area contributed by atoms with Crippen LogP contribution in [0.4, 0.5) is 0 Å². The van der Waals surface area contributed by atoms with E-state index in [0.29, 0.717) is 6.61 Å². The molecule has 0 N–H and O–H groups in total. The summed E-state index contributed by atoms with van der Waals surface area (Å²) in [5.74, 6) is 2.32. The molecule has 0 aliphatic carbocycles. The molecule has 0 heterocycles. The van der Waals surface area contributed by atoms with Crippen LogP contribution in [0, 0.1) is 0 Å². The summed E-state index contributed by atoms with van der Waals surface area (Å²) in [4.78, 5) is 0. The molecule has 0 unspecified atom stereocenters. The summed E-state index contributed by atoms with van der Waals surface area (Å²) in [6.45, 7) is 0.455. The Morgan fingerprint density at radius 1 is 0.950 bits per heavy atom. The number of hydrogen-bond donors (Lipinski definition) is 0. The van der Waals surface area contributed by atoms with Gasteiger partial charge in [-0.25, -0.2) is 0 Å². The van der Waals surface area contributed by atoms with Crippen molar-refractivity contribution in [1.82, 2.24) is 0 Å². The second-order valence-corrected chi connectivity index (χ2v) is 4.79. The molecule has 108 valence electrons. The maximum atomic E-state index is 5.76. The van der Waals surface area contributed by atoms with E-state index in [9.17, 15) is 0 Å². The number of hydrogen-bond acceptors (Lipinski definition) is 3. The van der Waals surface area contributed by atoms with Gasteiger partial charge in [-0.1, -0.05) is 19.6 Å². The number of rotatable bonds is 5. The first-order valence-electron chi connectivity index (χ1n) is 5.82. The third-order valence-electron chi connectivity index (χ3n) is 2.64. The van der Waals surface area contributed by atoms with Crippen LogP contribution in [-0.4, -0.2) is 14.2 Å². The Bertz CT molecular complexity index is 533. The molecule has 3 nitrogen and oxygen atoms in total. The van der Waals surface area contributed by atoms with Gasteiger partial charge in [0.2, 0.25) is 0 Å². The highest BCUT2D eigenvalue weighted by Crippen LogP contribution is 2.27. The van der Waals surface area contributed by atoms with Crippen LogP contribution in [-0.2, 0) is 6.61 Å². The lowest BCUT2D eigenvalue weighted by Gasteiger charge is -2.11. The maximum absolute atomic E-state index is 5.76. The van der Waals surface area contributed by atoms with Gasteiger partial charge in [0.25, 0.3) is 0 Å². The Balaban J connectivity index is 0.00000200. The average Bonchev–Trinajstić information content (AvgIpc) is 2.46. The van der Waals surface area contributed by atoms with Gasteiger partial charge < -0.3 is 14.2 Å². The first kappa shape index (κ1) is 16.4. The van der Waals surface area contributed by atoms with Gasteiger partial charge in [0.15, 0.2) is 0 Å². The van der Waals surface area contributed by atoms with Crippen molar-refractivity contribution in [3.8, 4) is 17.2 Å². The summed E-state index contributed by atoms with van der Waals surface area (Å²) in [6, 6.07) is 13.4. The molecule has 0 aromatic heterocycles. The van der Waals surface area contributed by atoms with E-state index in [4.69, 9.17) is 14.2 Å². The molecular formula is C16H19BrO3. The van der Waals surface area contributed by atoms with E-state index in [1.54, 1.807) is 14.2 Å². The summed E-state index contributed by atoms with van der Waals surface area (Å²) >= 11 is 3.45. The predicted octanol–water partition coefficient (Wildman–Crippen LogP) is 4.68. The maximum Gasteiger partial charge on any atom is 0.133 e. The van der Waals surface area contributed by atoms with E-state index in [1.165, 1.54) is 0 Å². The number of ether oxygens (including phenoxy) is 3. The molecule has 0 saturated carbocycles. The topological polar surface area (TPSA) is 27.7 Å². The Hall–Kier alpha value is -1.68. The Kier molecular flexibility index (Phi) is 6.39. The van der Waals surface area contributed by atoms with E-state index in [-0.39, 0.29) is 7.43 Å². The van der Waals surface area contributed by atoms with Crippen molar-refractivity contribution < 1.29 is 14.2 Å². The average molecular weight is 339 g/mol. The van der Waals surface area contributed by atoms with E-state index in [0.717, 1.165) is 27.3 Å². The van der Waals surface area contributed by atoms with Gasteiger partial charge in [0.1, 0.15) is 23.9 Å².